The molecule has 2 atom stereocenters. The van der Waals surface area contributed by atoms with Crippen LogP contribution in [0, 0.1) is 0 Å². The first-order valence-electron chi connectivity index (χ1n) is 5.26. The largest absolute Gasteiger partial charge is 0.493 e. The van der Waals surface area contributed by atoms with Crippen molar-refractivity contribution in [1.29, 1.82) is 0 Å². The van der Waals surface area contributed by atoms with Gasteiger partial charge in [-0.25, -0.2) is 0 Å². The molecule has 1 unspecified atom stereocenters. The van der Waals surface area contributed by atoms with E-state index in [1.54, 1.807) is 14.2 Å². The molecule has 1 N–H and O–H groups in total. The second kappa shape index (κ2) is 4.72. The number of hydrogen-bond acceptors (Lipinski definition) is 4. The molecule has 1 aliphatic heterocycles. The minimum Gasteiger partial charge on any atom is -0.493 e. The van der Waals surface area contributed by atoms with Crippen LogP contribution < -0.4 is 9.47 Å². The Morgan fingerprint density at radius 2 is 2.00 bits per heavy atom. The van der Waals surface area contributed by atoms with Gasteiger partial charge in [-0.15, -0.1) is 0 Å². The normalized spacial score (nSPS) is 24.4. The van der Waals surface area contributed by atoms with Crippen LogP contribution in [0.5, 0.6) is 11.5 Å². The number of rotatable bonds is 3. The van der Waals surface area contributed by atoms with E-state index in [0.29, 0.717) is 24.5 Å². The second-order valence-corrected chi connectivity index (χ2v) is 3.84. The smallest absolute Gasteiger partial charge is 0.160 e. The molecule has 0 amide bonds. The van der Waals surface area contributed by atoms with Gasteiger partial charge in [0.1, 0.15) is 0 Å². The summed E-state index contributed by atoms with van der Waals surface area (Å²) >= 11 is 0. The van der Waals surface area contributed by atoms with Crippen LogP contribution in [0.25, 0.3) is 0 Å². The van der Waals surface area contributed by atoms with Crippen molar-refractivity contribution in [3.05, 3.63) is 23.8 Å². The molecule has 1 aromatic rings. The van der Waals surface area contributed by atoms with Gasteiger partial charge in [-0.3, -0.25) is 0 Å². The van der Waals surface area contributed by atoms with Gasteiger partial charge in [0.05, 0.1) is 20.8 Å². The highest BCUT2D eigenvalue weighted by Gasteiger charge is 2.25. The van der Waals surface area contributed by atoms with E-state index in [4.69, 9.17) is 14.2 Å². The fourth-order valence-corrected chi connectivity index (χ4v) is 1.95. The summed E-state index contributed by atoms with van der Waals surface area (Å²) in [4.78, 5) is 0. The molecular weight excluding hydrogens is 208 g/mol. The van der Waals surface area contributed by atoms with Gasteiger partial charge < -0.3 is 19.3 Å². The second-order valence-electron chi connectivity index (χ2n) is 3.84. The fourth-order valence-electron chi connectivity index (χ4n) is 1.95. The summed E-state index contributed by atoms with van der Waals surface area (Å²) in [6, 6.07) is 5.79. The monoisotopic (exact) mass is 224 g/mol. The molecule has 1 heterocycles. The molecule has 16 heavy (non-hydrogen) atoms. The Kier molecular flexibility index (Phi) is 3.31. The molecule has 0 radical (unpaired) electrons. The third-order valence-electron chi connectivity index (χ3n) is 2.85. The van der Waals surface area contributed by atoms with Gasteiger partial charge in [0.25, 0.3) is 0 Å². The predicted octanol–water partition coefficient (Wildman–Crippen LogP) is 1.53. The summed E-state index contributed by atoms with van der Waals surface area (Å²) in [6.45, 7) is 0.552. The highest BCUT2D eigenvalue weighted by molar-refractivity contribution is 5.44. The van der Waals surface area contributed by atoms with Crippen LogP contribution in [-0.2, 0) is 4.74 Å². The zero-order valence-electron chi connectivity index (χ0n) is 9.47. The SMILES string of the molecule is COc1ccc([C@@H]2COC(O)C2)cc1OC. The van der Waals surface area contributed by atoms with Crippen molar-refractivity contribution in [3.8, 4) is 11.5 Å². The molecule has 4 nitrogen and oxygen atoms in total. The van der Waals surface area contributed by atoms with E-state index < -0.39 is 6.29 Å². The average Bonchev–Trinajstić information content (AvgIpc) is 2.75. The molecule has 0 spiro atoms. The van der Waals surface area contributed by atoms with Crippen molar-refractivity contribution in [1.82, 2.24) is 0 Å². The Bertz CT molecular complexity index is 364. The third kappa shape index (κ3) is 2.13. The molecule has 1 saturated heterocycles. The Morgan fingerprint density at radius 1 is 1.25 bits per heavy atom. The van der Waals surface area contributed by atoms with E-state index in [1.807, 2.05) is 18.2 Å². The van der Waals surface area contributed by atoms with E-state index in [2.05, 4.69) is 0 Å². The van der Waals surface area contributed by atoms with Crippen LogP contribution in [0.4, 0.5) is 0 Å². The molecule has 0 aromatic heterocycles. The van der Waals surface area contributed by atoms with Gasteiger partial charge in [-0.1, -0.05) is 6.07 Å². The van der Waals surface area contributed by atoms with Gasteiger partial charge in [0.15, 0.2) is 17.8 Å². The summed E-state index contributed by atoms with van der Waals surface area (Å²) in [5, 5.41) is 9.31. The summed E-state index contributed by atoms with van der Waals surface area (Å²) in [5.74, 6) is 1.65. The summed E-state index contributed by atoms with van der Waals surface area (Å²) < 4.78 is 15.5. The van der Waals surface area contributed by atoms with Gasteiger partial charge in [-0.05, 0) is 17.7 Å². The van der Waals surface area contributed by atoms with Crippen molar-refractivity contribution in [2.75, 3.05) is 20.8 Å². The molecule has 0 aliphatic carbocycles. The summed E-state index contributed by atoms with van der Waals surface area (Å²) in [5.41, 5.74) is 1.11. The molecule has 1 aliphatic rings. The van der Waals surface area contributed by atoms with Crippen LogP contribution >= 0.6 is 0 Å². The van der Waals surface area contributed by atoms with Crippen LogP contribution in [0.1, 0.15) is 17.9 Å². The number of benzene rings is 1. The first-order valence-corrected chi connectivity index (χ1v) is 5.26. The topological polar surface area (TPSA) is 47.9 Å². The lowest BCUT2D eigenvalue weighted by Crippen LogP contribution is -2.01. The van der Waals surface area contributed by atoms with Crippen molar-refractivity contribution < 1.29 is 19.3 Å². The highest BCUT2D eigenvalue weighted by atomic mass is 16.6. The Labute approximate surface area is 94.8 Å². The van der Waals surface area contributed by atoms with Crippen molar-refractivity contribution >= 4 is 0 Å². The van der Waals surface area contributed by atoms with Crippen LogP contribution in [0.3, 0.4) is 0 Å². The van der Waals surface area contributed by atoms with Crippen LogP contribution in [0.15, 0.2) is 18.2 Å². The molecule has 1 fully saturated rings. The standard InChI is InChI=1S/C12H16O4/c1-14-10-4-3-8(5-11(10)15-2)9-6-12(13)16-7-9/h3-5,9,12-13H,6-7H2,1-2H3/t9-,12?/m0/s1. The average molecular weight is 224 g/mol. The molecule has 0 saturated carbocycles. The number of hydrogen-bond donors (Lipinski definition) is 1. The maximum absolute atomic E-state index is 9.31. The fraction of sp³-hybridized carbons (Fsp3) is 0.500. The molecule has 2 rings (SSSR count). The van der Waals surface area contributed by atoms with Gasteiger partial charge in [0.2, 0.25) is 0 Å². The van der Waals surface area contributed by atoms with Crippen LogP contribution in [0.2, 0.25) is 0 Å². The van der Waals surface area contributed by atoms with Crippen molar-refractivity contribution in [2.45, 2.75) is 18.6 Å². The maximum atomic E-state index is 9.31. The molecule has 0 bridgehead atoms. The molecular formula is C12H16O4. The Balaban J connectivity index is 2.22. The zero-order valence-corrected chi connectivity index (χ0v) is 9.47. The summed E-state index contributed by atoms with van der Waals surface area (Å²) in [6.07, 6.45) is -0.00624. The number of ether oxygens (including phenoxy) is 3. The van der Waals surface area contributed by atoms with Gasteiger partial charge in [0, 0.05) is 12.3 Å². The lowest BCUT2D eigenvalue weighted by molar-refractivity contribution is -0.0589. The minimum absolute atomic E-state index is 0.231. The quantitative estimate of drug-likeness (QED) is 0.845. The van der Waals surface area contributed by atoms with Gasteiger partial charge in [-0.2, -0.15) is 0 Å². The van der Waals surface area contributed by atoms with Crippen LogP contribution in [-0.4, -0.2) is 32.2 Å². The maximum Gasteiger partial charge on any atom is 0.160 e. The molecule has 1 aromatic carbocycles. The Morgan fingerprint density at radius 3 is 2.56 bits per heavy atom. The van der Waals surface area contributed by atoms with E-state index >= 15 is 0 Å². The van der Waals surface area contributed by atoms with E-state index in [0.717, 1.165) is 5.56 Å². The molecule has 88 valence electrons. The third-order valence-corrected chi connectivity index (χ3v) is 2.85. The lowest BCUT2D eigenvalue weighted by Gasteiger charge is -2.12. The highest BCUT2D eigenvalue weighted by Crippen LogP contribution is 2.34. The zero-order chi connectivity index (χ0) is 11.5. The van der Waals surface area contributed by atoms with E-state index in [-0.39, 0.29) is 5.92 Å². The van der Waals surface area contributed by atoms with Crippen molar-refractivity contribution in [2.24, 2.45) is 0 Å². The number of methoxy groups -OCH3 is 2. The van der Waals surface area contributed by atoms with E-state index in [1.165, 1.54) is 0 Å². The number of aliphatic hydroxyl groups is 1. The first-order chi connectivity index (χ1) is 7.74. The minimum atomic E-state index is -0.641. The number of aliphatic hydroxyl groups excluding tert-OH is 1. The Hall–Kier alpha value is -1.26. The predicted molar refractivity (Wildman–Crippen MR) is 58.9 cm³/mol. The molecule has 4 heteroatoms. The lowest BCUT2D eigenvalue weighted by atomic mass is 9.98. The van der Waals surface area contributed by atoms with Gasteiger partial charge >= 0.3 is 0 Å². The van der Waals surface area contributed by atoms with Crippen molar-refractivity contribution in [3.63, 3.8) is 0 Å². The van der Waals surface area contributed by atoms with E-state index in [9.17, 15) is 5.11 Å². The first kappa shape index (κ1) is 11.2. The summed E-state index contributed by atoms with van der Waals surface area (Å²) in [7, 11) is 3.22.